The van der Waals surface area contributed by atoms with Gasteiger partial charge in [-0.3, -0.25) is 14.5 Å². The van der Waals surface area contributed by atoms with Crippen molar-refractivity contribution in [3.8, 4) is 5.75 Å². The zero-order chi connectivity index (χ0) is 21.1. The minimum absolute atomic E-state index is 0.01000. The lowest BCUT2D eigenvalue weighted by atomic mass is 10.1. The van der Waals surface area contributed by atoms with E-state index in [-0.39, 0.29) is 16.8 Å². The minimum atomic E-state index is -0.567. The van der Waals surface area contributed by atoms with Crippen molar-refractivity contribution in [1.82, 2.24) is 0 Å². The van der Waals surface area contributed by atoms with Gasteiger partial charge in [0.25, 0.3) is 5.91 Å². The summed E-state index contributed by atoms with van der Waals surface area (Å²) < 4.78 is 19.0. The third-order valence-electron chi connectivity index (χ3n) is 4.79. The number of amides is 2. The Morgan fingerprint density at radius 1 is 1.07 bits per heavy atom. The van der Waals surface area contributed by atoms with Crippen LogP contribution in [0.3, 0.4) is 0 Å². The fraction of sp³-hybridized carbons (Fsp3) is 0.130. The molecule has 1 atom stereocenters. The Labute approximate surface area is 177 Å². The fourth-order valence-electron chi connectivity index (χ4n) is 3.27. The lowest BCUT2D eigenvalue weighted by Crippen LogP contribution is -2.27. The molecular weight excluding hydrogens is 403 g/mol. The Morgan fingerprint density at radius 2 is 1.77 bits per heavy atom. The molecule has 1 heterocycles. The third kappa shape index (κ3) is 4.02. The number of anilines is 2. The fourth-order valence-corrected chi connectivity index (χ4v) is 4.44. The maximum absolute atomic E-state index is 13.8. The number of hydrogen-bond donors (Lipinski definition) is 1. The van der Waals surface area contributed by atoms with Crippen LogP contribution in [0.4, 0.5) is 15.8 Å². The molecule has 0 unspecified atom stereocenters. The number of methoxy groups -OCH3 is 1. The predicted octanol–water partition coefficient (Wildman–Crippen LogP) is 4.87. The van der Waals surface area contributed by atoms with Crippen LogP contribution in [0.5, 0.6) is 5.75 Å². The van der Waals surface area contributed by atoms with Crippen molar-refractivity contribution in [1.29, 1.82) is 0 Å². The van der Waals surface area contributed by atoms with Crippen LogP contribution in [-0.2, 0) is 4.79 Å². The second-order valence-electron chi connectivity index (χ2n) is 6.68. The van der Waals surface area contributed by atoms with E-state index in [9.17, 15) is 14.0 Å². The number of carbonyl (C=O) groups is 2. The first-order valence-electron chi connectivity index (χ1n) is 9.30. The smallest absolute Gasteiger partial charge is 0.258 e. The SMILES string of the molecule is COc1ccc(N2C(=O)CS[C@@H]2c2ccc(NC(=O)c3ccccc3F)cc2)cc1. The van der Waals surface area contributed by atoms with Crippen molar-refractivity contribution in [3.63, 3.8) is 0 Å². The van der Waals surface area contributed by atoms with E-state index in [1.165, 1.54) is 18.2 Å². The number of benzene rings is 3. The molecule has 1 N–H and O–H groups in total. The summed E-state index contributed by atoms with van der Waals surface area (Å²) in [6.45, 7) is 0. The van der Waals surface area contributed by atoms with Crippen LogP contribution in [0.25, 0.3) is 0 Å². The molecule has 0 aliphatic carbocycles. The van der Waals surface area contributed by atoms with Crippen molar-refractivity contribution in [2.24, 2.45) is 0 Å². The normalized spacial score (nSPS) is 15.9. The van der Waals surface area contributed by atoms with E-state index in [0.29, 0.717) is 11.4 Å². The van der Waals surface area contributed by atoms with Gasteiger partial charge in [-0.1, -0.05) is 24.3 Å². The van der Waals surface area contributed by atoms with E-state index in [0.717, 1.165) is 17.0 Å². The minimum Gasteiger partial charge on any atom is -0.497 e. The molecule has 0 aromatic heterocycles. The molecule has 0 bridgehead atoms. The predicted molar refractivity (Wildman–Crippen MR) is 116 cm³/mol. The number of rotatable bonds is 5. The van der Waals surface area contributed by atoms with Crippen LogP contribution in [-0.4, -0.2) is 24.7 Å². The maximum atomic E-state index is 13.8. The van der Waals surface area contributed by atoms with E-state index in [1.807, 2.05) is 36.4 Å². The summed E-state index contributed by atoms with van der Waals surface area (Å²) in [4.78, 5) is 26.5. The highest BCUT2D eigenvalue weighted by molar-refractivity contribution is 8.00. The number of thioether (sulfide) groups is 1. The molecule has 1 saturated heterocycles. The lowest BCUT2D eigenvalue weighted by Gasteiger charge is -2.24. The summed E-state index contributed by atoms with van der Waals surface area (Å²) >= 11 is 1.54. The molecule has 0 spiro atoms. The summed E-state index contributed by atoms with van der Waals surface area (Å²) in [5.74, 6) is 0.0769. The monoisotopic (exact) mass is 422 g/mol. The number of halogens is 1. The van der Waals surface area contributed by atoms with Gasteiger partial charge in [0.05, 0.1) is 18.4 Å². The van der Waals surface area contributed by atoms with Crippen molar-refractivity contribution < 1.29 is 18.7 Å². The average Bonchev–Trinajstić information content (AvgIpc) is 3.16. The average molecular weight is 422 g/mol. The topological polar surface area (TPSA) is 58.6 Å². The van der Waals surface area contributed by atoms with Crippen LogP contribution in [0, 0.1) is 5.82 Å². The summed E-state index contributed by atoms with van der Waals surface area (Å²) in [5.41, 5.74) is 2.28. The molecule has 1 aliphatic rings. The molecule has 2 amide bonds. The van der Waals surface area contributed by atoms with E-state index in [4.69, 9.17) is 4.74 Å². The van der Waals surface area contributed by atoms with Crippen molar-refractivity contribution in [2.75, 3.05) is 23.1 Å². The van der Waals surface area contributed by atoms with Crippen LogP contribution in [0.2, 0.25) is 0 Å². The van der Waals surface area contributed by atoms with E-state index < -0.39 is 11.7 Å². The molecule has 0 radical (unpaired) electrons. The maximum Gasteiger partial charge on any atom is 0.258 e. The van der Waals surface area contributed by atoms with Crippen LogP contribution in [0.15, 0.2) is 72.8 Å². The zero-order valence-electron chi connectivity index (χ0n) is 16.2. The van der Waals surface area contributed by atoms with Crippen molar-refractivity contribution in [2.45, 2.75) is 5.37 Å². The van der Waals surface area contributed by atoms with Gasteiger partial charge < -0.3 is 10.1 Å². The van der Waals surface area contributed by atoms with Gasteiger partial charge >= 0.3 is 0 Å². The summed E-state index contributed by atoms with van der Waals surface area (Å²) in [6, 6.07) is 20.4. The molecule has 0 saturated carbocycles. The Balaban J connectivity index is 1.52. The summed E-state index contributed by atoms with van der Waals surface area (Å²) in [7, 11) is 1.60. The number of nitrogens with zero attached hydrogens (tertiary/aromatic N) is 1. The Kier molecular flexibility index (Phi) is 5.72. The number of hydrogen-bond acceptors (Lipinski definition) is 4. The van der Waals surface area contributed by atoms with E-state index >= 15 is 0 Å². The summed E-state index contributed by atoms with van der Waals surface area (Å²) in [5, 5.41) is 2.54. The van der Waals surface area contributed by atoms with Gasteiger partial charge in [-0.05, 0) is 54.1 Å². The molecule has 7 heteroatoms. The van der Waals surface area contributed by atoms with Gasteiger partial charge in [0.2, 0.25) is 5.91 Å². The lowest BCUT2D eigenvalue weighted by molar-refractivity contribution is -0.115. The van der Waals surface area contributed by atoms with Gasteiger partial charge in [0.1, 0.15) is 16.9 Å². The first-order valence-corrected chi connectivity index (χ1v) is 10.4. The van der Waals surface area contributed by atoms with Crippen LogP contribution in [0.1, 0.15) is 21.3 Å². The highest BCUT2D eigenvalue weighted by Gasteiger charge is 2.34. The second-order valence-corrected chi connectivity index (χ2v) is 7.75. The Bertz CT molecular complexity index is 1070. The molecule has 1 aliphatic heterocycles. The quantitative estimate of drug-likeness (QED) is 0.638. The number of ether oxygens (including phenoxy) is 1. The van der Waals surface area contributed by atoms with E-state index in [1.54, 1.807) is 42.0 Å². The highest BCUT2D eigenvalue weighted by atomic mass is 32.2. The molecule has 3 aromatic rings. The van der Waals surface area contributed by atoms with Crippen LogP contribution < -0.4 is 15.0 Å². The van der Waals surface area contributed by atoms with E-state index in [2.05, 4.69) is 5.32 Å². The molecule has 4 rings (SSSR count). The zero-order valence-corrected chi connectivity index (χ0v) is 17.0. The van der Waals surface area contributed by atoms with Crippen molar-refractivity contribution in [3.05, 3.63) is 89.7 Å². The Morgan fingerprint density at radius 3 is 2.43 bits per heavy atom. The number of carbonyl (C=O) groups excluding carboxylic acids is 2. The number of nitrogens with one attached hydrogen (secondary N) is 1. The molecule has 5 nitrogen and oxygen atoms in total. The van der Waals surface area contributed by atoms with Gasteiger partial charge in [-0.2, -0.15) is 0 Å². The Hall–Kier alpha value is -3.32. The van der Waals surface area contributed by atoms with Gasteiger partial charge in [-0.15, -0.1) is 11.8 Å². The van der Waals surface area contributed by atoms with Gasteiger partial charge in [0, 0.05) is 11.4 Å². The van der Waals surface area contributed by atoms with Gasteiger partial charge in [-0.25, -0.2) is 4.39 Å². The summed E-state index contributed by atoms with van der Waals surface area (Å²) in [6.07, 6.45) is 0. The van der Waals surface area contributed by atoms with Crippen molar-refractivity contribution >= 4 is 35.0 Å². The largest absolute Gasteiger partial charge is 0.497 e. The molecular formula is C23H19FN2O3S. The molecule has 3 aromatic carbocycles. The molecule has 1 fully saturated rings. The standard InChI is InChI=1S/C23H19FN2O3S/c1-29-18-12-10-17(11-13-18)26-21(27)14-30-23(26)15-6-8-16(9-7-15)25-22(28)19-4-2-3-5-20(19)24/h2-13,23H,14H2,1H3,(H,25,28)/t23-/m1/s1. The highest BCUT2D eigenvalue weighted by Crippen LogP contribution is 2.42. The molecule has 30 heavy (non-hydrogen) atoms. The first-order chi connectivity index (χ1) is 14.6. The molecule has 152 valence electrons. The first kappa shape index (κ1) is 20.0. The van der Waals surface area contributed by atoms with Crippen LogP contribution >= 0.6 is 11.8 Å². The third-order valence-corrected chi connectivity index (χ3v) is 6.00. The second kappa shape index (κ2) is 8.59. The van der Waals surface area contributed by atoms with Gasteiger partial charge in [0.15, 0.2) is 0 Å².